The summed E-state index contributed by atoms with van der Waals surface area (Å²) in [6, 6.07) is 3.66. The average Bonchev–Trinajstić information content (AvgIpc) is 2.74. The van der Waals surface area contributed by atoms with Crippen LogP contribution in [-0.2, 0) is 9.59 Å². The summed E-state index contributed by atoms with van der Waals surface area (Å²) in [4.78, 5) is 28.1. The van der Waals surface area contributed by atoms with Gasteiger partial charge in [-0.05, 0) is 37.8 Å². The summed E-state index contributed by atoms with van der Waals surface area (Å²) in [7, 11) is 0. The van der Waals surface area contributed by atoms with E-state index in [1.165, 1.54) is 0 Å². The first kappa shape index (κ1) is 16.0. The third-order valence-corrected chi connectivity index (χ3v) is 4.95. The van der Waals surface area contributed by atoms with E-state index >= 15 is 0 Å². The molecule has 1 aromatic rings. The summed E-state index contributed by atoms with van der Waals surface area (Å²) in [6.45, 7) is 6.74. The van der Waals surface area contributed by atoms with E-state index < -0.39 is 11.9 Å². The van der Waals surface area contributed by atoms with Crippen molar-refractivity contribution in [1.82, 2.24) is 4.90 Å². The van der Waals surface area contributed by atoms with E-state index in [1.54, 1.807) is 11.3 Å². The van der Waals surface area contributed by atoms with Crippen LogP contribution >= 0.6 is 11.3 Å². The zero-order valence-corrected chi connectivity index (χ0v) is 13.7. The molecule has 2 unspecified atom stereocenters. The molecule has 2 rings (SSSR count). The fraction of sp³-hybridized carbons (Fsp3) is 0.625. The predicted octanol–water partition coefficient (Wildman–Crippen LogP) is 3.47. The fourth-order valence-electron chi connectivity index (χ4n) is 2.98. The van der Waals surface area contributed by atoms with Crippen molar-refractivity contribution >= 4 is 23.2 Å². The Morgan fingerprint density at radius 2 is 2.19 bits per heavy atom. The van der Waals surface area contributed by atoms with E-state index in [0.29, 0.717) is 31.7 Å². The number of carbonyl (C=O) groups is 2. The van der Waals surface area contributed by atoms with Crippen LogP contribution in [0.25, 0.3) is 0 Å². The van der Waals surface area contributed by atoms with E-state index in [2.05, 4.69) is 13.8 Å². The maximum atomic E-state index is 12.4. The smallest absolute Gasteiger partial charge is 0.308 e. The number of carboxylic acid groups (broad SMARTS) is 1. The van der Waals surface area contributed by atoms with Crippen LogP contribution in [0.1, 0.15) is 48.9 Å². The Morgan fingerprint density at radius 1 is 1.48 bits per heavy atom. The molecule has 2 heterocycles. The maximum Gasteiger partial charge on any atom is 0.308 e. The Labute approximate surface area is 129 Å². The van der Waals surface area contributed by atoms with Gasteiger partial charge in [-0.25, -0.2) is 0 Å². The van der Waals surface area contributed by atoms with E-state index in [1.807, 2.05) is 24.0 Å². The van der Waals surface area contributed by atoms with E-state index in [4.69, 9.17) is 0 Å². The van der Waals surface area contributed by atoms with Gasteiger partial charge < -0.3 is 10.0 Å². The number of aryl methyl sites for hydroxylation is 1. The van der Waals surface area contributed by atoms with Crippen LogP contribution in [0.5, 0.6) is 0 Å². The molecule has 5 heteroatoms. The quantitative estimate of drug-likeness (QED) is 0.926. The lowest BCUT2D eigenvalue weighted by Crippen LogP contribution is -2.40. The van der Waals surface area contributed by atoms with Crippen molar-refractivity contribution in [3.8, 4) is 0 Å². The molecule has 116 valence electrons. The lowest BCUT2D eigenvalue weighted by molar-refractivity contribution is -0.146. The molecule has 0 aromatic carbocycles. The van der Waals surface area contributed by atoms with Crippen molar-refractivity contribution in [1.29, 1.82) is 0 Å². The van der Waals surface area contributed by atoms with Gasteiger partial charge in [-0.1, -0.05) is 13.8 Å². The summed E-state index contributed by atoms with van der Waals surface area (Å²) >= 11 is 1.60. The molecule has 21 heavy (non-hydrogen) atoms. The van der Waals surface area contributed by atoms with Crippen molar-refractivity contribution in [2.75, 3.05) is 6.54 Å². The highest BCUT2D eigenvalue weighted by Crippen LogP contribution is 2.39. The van der Waals surface area contributed by atoms with Crippen LogP contribution in [0.3, 0.4) is 0 Å². The molecule has 1 saturated heterocycles. The van der Waals surface area contributed by atoms with Crippen molar-refractivity contribution in [2.45, 2.75) is 46.1 Å². The van der Waals surface area contributed by atoms with Crippen molar-refractivity contribution < 1.29 is 14.7 Å². The van der Waals surface area contributed by atoms with Crippen molar-refractivity contribution in [2.24, 2.45) is 11.8 Å². The first-order valence-corrected chi connectivity index (χ1v) is 8.30. The molecular weight excluding hydrogens is 286 g/mol. The molecule has 0 bridgehead atoms. The molecule has 1 aliphatic heterocycles. The molecule has 4 nitrogen and oxygen atoms in total. The van der Waals surface area contributed by atoms with E-state index in [0.717, 1.165) is 9.75 Å². The second kappa shape index (κ2) is 6.60. The molecule has 0 radical (unpaired) electrons. The number of thiophene rings is 1. The highest BCUT2D eigenvalue weighted by molar-refractivity contribution is 7.12. The maximum absolute atomic E-state index is 12.4. The third-order valence-electron chi connectivity index (χ3n) is 3.87. The number of carbonyl (C=O) groups excluding carboxylic acids is 1. The van der Waals surface area contributed by atoms with Gasteiger partial charge in [0.25, 0.3) is 0 Å². The lowest BCUT2D eigenvalue weighted by atomic mass is 9.93. The highest BCUT2D eigenvalue weighted by atomic mass is 32.1. The summed E-state index contributed by atoms with van der Waals surface area (Å²) in [5, 5.41) is 9.61. The molecular formula is C16H23NO3S. The van der Waals surface area contributed by atoms with Crippen LogP contribution in [0.15, 0.2) is 12.1 Å². The number of hydrogen-bond donors (Lipinski definition) is 1. The molecule has 0 aliphatic carbocycles. The Balaban J connectivity index is 2.43. The molecule has 1 fully saturated rings. The molecule has 1 aromatic heterocycles. The topological polar surface area (TPSA) is 57.6 Å². The number of rotatable bonds is 4. The minimum absolute atomic E-state index is 0.0866. The number of hydrogen-bond acceptors (Lipinski definition) is 3. The van der Waals surface area contributed by atoms with Gasteiger partial charge in [-0.3, -0.25) is 9.59 Å². The largest absolute Gasteiger partial charge is 0.481 e. The van der Waals surface area contributed by atoms with Gasteiger partial charge in [-0.2, -0.15) is 0 Å². The summed E-state index contributed by atoms with van der Waals surface area (Å²) < 4.78 is 0. The first-order valence-electron chi connectivity index (χ1n) is 7.48. The third kappa shape index (κ3) is 3.64. The fourth-order valence-corrected chi connectivity index (χ4v) is 4.03. The Morgan fingerprint density at radius 3 is 2.71 bits per heavy atom. The van der Waals surface area contributed by atoms with Crippen molar-refractivity contribution in [3.63, 3.8) is 0 Å². The normalized spacial score (nSPS) is 23.4. The number of likely N-dealkylation sites (tertiary alicyclic amines) is 1. The zero-order chi connectivity index (χ0) is 15.6. The lowest BCUT2D eigenvalue weighted by Gasteiger charge is -2.34. The first-order chi connectivity index (χ1) is 9.90. The van der Waals surface area contributed by atoms with Crippen LogP contribution in [0.2, 0.25) is 0 Å². The van der Waals surface area contributed by atoms with Crippen LogP contribution < -0.4 is 0 Å². The molecule has 0 spiro atoms. The predicted molar refractivity (Wildman–Crippen MR) is 83.3 cm³/mol. The highest BCUT2D eigenvalue weighted by Gasteiger charge is 2.39. The summed E-state index contributed by atoms with van der Waals surface area (Å²) in [6.07, 6.45) is 1.68. The summed E-state index contributed by atoms with van der Waals surface area (Å²) in [5.41, 5.74) is 0. The molecule has 1 amide bonds. The second-order valence-corrected chi connectivity index (χ2v) is 7.49. The number of aliphatic carboxylic acids is 1. The standard InChI is InChI=1S/C16H23NO3S/c1-10(2)9-17-14(18)6-4-5-12(16(19)20)15(17)13-8-7-11(3)21-13/h7-8,10,12,15H,4-6,9H2,1-3H3,(H,19,20). The molecule has 1 aliphatic rings. The monoisotopic (exact) mass is 309 g/mol. The number of nitrogens with zero attached hydrogens (tertiary/aromatic N) is 1. The summed E-state index contributed by atoms with van der Waals surface area (Å²) in [5.74, 6) is -0.892. The van der Waals surface area contributed by atoms with E-state index in [9.17, 15) is 14.7 Å². The van der Waals surface area contributed by atoms with Crippen molar-refractivity contribution in [3.05, 3.63) is 21.9 Å². The minimum Gasteiger partial charge on any atom is -0.481 e. The molecule has 2 atom stereocenters. The van der Waals surface area contributed by atoms with Gasteiger partial charge in [0, 0.05) is 22.7 Å². The van der Waals surface area contributed by atoms with Crippen LogP contribution in [0, 0.1) is 18.8 Å². The SMILES string of the molecule is Cc1ccc(C2C(C(=O)O)CCCC(=O)N2CC(C)C)s1. The zero-order valence-electron chi connectivity index (χ0n) is 12.8. The average molecular weight is 309 g/mol. The second-order valence-electron chi connectivity index (χ2n) is 6.17. The van der Waals surface area contributed by atoms with Gasteiger partial charge >= 0.3 is 5.97 Å². The van der Waals surface area contributed by atoms with Gasteiger partial charge in [-0.15, -0.1) is 11.3 Å². The Kier molecular flexibility index (Phi) is 5.04. The Bertz CT molecular complexity index is 523. The van der Waals surface area contributed by atoms with Crippen LogP contribution in [0.4, 0.5) is 0 Å². The number of amides is 1. The van der Waals surface area contributed by atoms with Gasteiger partial charge in [0.15, 0.2) is 0 Å². The van der Waals surface area contributed by atoms with Gasteiger partial charge in [0.05, 0.1) is 12.0 Å². The number of carboxylic acids is 1. The molecule has 1 N–H and O–H groups in total. The van der Waals surface area contributed by atoms with E-state index in [-0.39, 0.29) is 11.9 Å². The van der Waals surface area contributed by atoms with Gasteiger partial charge in [0.2, 0.25) is 5.91 Å². The van der Waals surface area contributed by atoms with Gasteiger partial charge in [0.1, 0.15) is 0 Å². The Hall–Kier alpha value is -1.36. The van der Waals surface area contributed by atoms with Crippen LogP contribution in [-0.4, -0.2) is 28.4 Å². The molecule has 0 saturated carbocycles. The minimum atomic E-state index is -0.797.